The average molecular weight is 229 g/mol. The van der Waals surface area contributed by atoms with Crippen molar-refractivity contribution in [3.63, 3.8) is 0 Å². The number of anilines is 1. The largest absolute Gasteiger partial charge is 0.416 e. The molecule has 2 aromatic rings. The van der Waals surface area contributed by atoms with Crippen molar-refractivity contribution in [2.24, 2.45) is 0 Å². The highest BCUT2D eigenvalue weighted by Gasteiger charge is 2.30. The van der Waals surface area contributed by atoms with Crippen LogP contribution in [0.1, 0.15) is 5.56 Å². The van der Waals surface area contributed by atoms with E-state index >= 15 is 0 Å². The monoisotopic (exact) mass is 229 g/mol. The van der Waals surface area contributed by atoms with Crippen LogP contribution in [-0.4, -0.2) is 20.2 Å². The molecular weight excluding hydrogens is 223 g/mol. The Kier molecular flexibility index (Phi) is 2.26. The summed E-state index contributed by atoms with van der Waals surface area (Å²) in [5.74, 6) is 0. The number of nitrogens with zero attached hydrogens (tertiary/aromatic N) is 4. The third kappa shape index (κ3) is 1.81. The van der Waals surface area contributed by atoms with E-state index in [4.69, 9.17) is 5.73 Å². The highest BCUT2D eigenvalue weighted by Crippen LogP contribution is 2.31. The molecule has 0 spiro atoms. The second kappa shape index (κ2) is 3.47. The molecule has 2 rings (SSSR count). The molecular formula is C8H6F3N5. The predicted molar refractivity (Wildman–Crippen MR) is 48.6 cm³/mol. The topological polar surface area (TPSA) is 69.6 Å². The van der Waals surface area contributed by atoms with Gasteiger partial charge in [-0.05, 0) is 28.6 Å². The fourth-order valence-corrected chi connectivity index (χ4v) is 1.21. The summed E-state index contributed by atoms with van der Waals surface area (Å²) in [6.07, 6.45) is -3.16. The van der Waals surface area contributed by atoms with Crippen molar-refractivity contribution in [3.05, 3.63) is 30.1 Å². The number of hydrogen-bond acceptors (Lipinski definition) is 4. The first-order valence-electron chi connectivity index (χ1n) is 4.18. The Morgan fingerprint density at radius 3 is 2.50 bits per heavy atom. The molecule has 0 radical (unpaired) electrons. The van der Waals surface area contributed by atoms with Gasteiger partial charge in [-0.25, -0.2) is 0 Å². The Bertz CT molecular complexity index is 491. The Balaban J connectivity index is 2.46. The molecule has 5 nitrogen and oxygen atoms in total. The van der Waals surface area contributed by atoms with Gasteiger partial charge in [-0.2, -0.15) is 17.9 Å². The van der Waals surface area contributed by atoms with Gasteiger partial charge in [0.2, 0.25) is 0 Å². The van der Waals surface area contributed by atoms with Crippen molar-refractivity contribution in [3.8, 4) is 5.69 Å². The maximum atomic E-state index is 12.3. The molecule has 1 aromatic carbocycles. The molecule has 0 atom stereocenters. The normalized spacial score (nSPS) is 11.7. The summed E-state index contributed by atoms with van der Waals surface area (Å²) < 4.78 is 38.2. The molecule has 0 saturated carbocycles. The second-order valence-corrected chi connectivity index (χ2v) is 3.03. The van der Waals surface area contributed by atoms with Gasteiger partial charge in [0, 0.05) is 0 Å². The maximum absolute atomic E-state index is 12.3. The molecule has 0 aliphatic rings. The summed E-state index contributed by atoms with van der Waals surface area (Å²) >= 11 is 0. The summed E-state index contributed by atoms with van der Waals surface area (Å²) in [4.78, 5) is 0. The summed E-state index contributed by atoms with van der Waals surface area (Å²) in [6.45, 7) is 0. The van der Waals surface area contributed by atoms with Crippen LogP contribution in [0.5, 0.6) is 0 Å². The van der Waals surface area contributed by atoms with Gasteiger partial charge < -0.3 is 5.73 Å². The minimum atomic E-state index is -4.41. The predicted octanol–water partition coefficient (Wildman–Crippen LogP) is 1.26. The van der Waals surface area contributed by atoms with Gasteiger partial charge in [-0.1, -0.05) is 0 Å². The van der Waals surface area contributed by atoms with Crippen LogP contribution in [0.3, 0.4) is 0 Å². The van der Waals surface area contributed by atoms with E-state index in [1.165, 1.54) is 17.1 Å². The summed E-state index contributed by atoms with van der Waals surface area (Å²) in [5.41, 5.74) is 4.95. The van der Waals surface area contributed by atoms with Crippen molar-refractivity contribution in [2.75, 3.05) is 5.73 Å². The molecule has 0 unspecified atom stereocenters. The van der Waals surface area contributed by atoms with Crippen molar-refractivity contribution in [2.45, 2.75) is 6.18 Å². The van der Waals surface area contributed by atoms with Gasteiger partial charge in [-0.15, -0.1) is 5.10 Å². The number of alkyl halides is 3. The first kappa shape index (κ1) is 10.4. The molecule has 16 heavy (non-hydrogen) atoms. The van der Waals surface area contributed by atoms with Gasteiger partial charge >= 0.3 is 6.18 Å². The Morgan fingerprint density at radius 1 is 1.25 bits per heavy atom. The van der Waals surface area contributed by atoms with Gasteiger partial charge in [0.05, 0.1) is 16.9 Å². The van der Waals surface area contributed by atoms with Crippen molar-refractivity contribution in [1.29, 1.82) is 0 Å². The maximum Gasteiger partial charge on any atom is 0.416 e. The summed E-state index contributed by atoms with van der Waals surface area (Å²) in [7, 11) is 0. The highest BCUT2D eigenvalue weighted by atomic mass is 19.4. The molecule has 1 heterocycles. The van der Waals surface area contributed by atoms with Crippen LogP contribution in [0.15, 0.2) is 24.5 Å². The number of tetrazole rings is 1. The molecule has 0 fully saturated rings. The summed E-state index contributed by atoms with van der Waals surface area (Å²) in [5, 5.41) is 10.3. The number of benzene rings is 1. The lowest BCUT2D eigenvalue weighted by atomic mass is 10.1. The minimum absolute atomic E-state index is 0.0397. The lowest BCUT2D eigenvalue weighted by Gasteiger charge is -2.09. The second-order valence-electron chi connectivity index (χ2n) is 3.03. The van der Waals surface area contributed by atoms with Crippen molar-refractivity contribution < 1.29 is 13.2 Å². The smallest absolute Gasteiger partial charge is 0.397 e. The fraction of sp³-hybridized carbons (Fsp3) is 0.125. The number of halogens is 3. The molecule has 0 bridgehead atoms. The Labute approximate surface area is 87.7 Å². The van der Waals surface area contributed by atoms with Crippen LogP contribution < -0.4 is 5.73 Å². The zero-order valence-corrected chi connectivity index (χ0v) is 7.81. The number of rotatable bonds is 1. The van der Waals surface area contributed by atoms with E-state index in [-0.39, 0.29) is 5.69 Å². The van der Waals surface area contributed by atoms with Crippen LogP contribution in [0, 0.1) is 0 Å². The van der Waals surface area contributed by atoms with E-state index < -0.39 is 11.7 Å². The first-order chi connectivity index (χ1) is 7.48. The van der Waals surface area contributed by atoms with Gasteiger partial charge in [-0.3, -0.25) is 0 Å². The third-order valence-corrected chi connectivity index (χ3v) is 1.95. The lowest BCUT2D eigenvalue weighted by molar-refractivity contribution is -0.137. The number of nitrogen functional groups attached to an aromatic ring is 1. The lowest BCUT2D eigenvalue weighted by Crippen LogP contribution is -2.08. The van der Waals surface area contributed by atoms with Crippen LogP contribution in [0.25, 0.3) is 5.69 Å². The molecule has 1 aromatic heterocycles. The van der Waals surface area contributed by atoms with Crippen LogP contribution in [0.2, 0.25) is 0 Å². The Hall–Kier alpha value is -2.12. The van der Waals surface area contributed by atoms with Crippen molar-refractivity contribution in [1.82, 2.24) is 20.2 Å². The van der Waals surface area contributed by atoms with Crippen LogP contribution in [0.4, 0.5) is 18.9 Å². The number of hydrogen-bond donors (Lipinski definition) is 1. The fourth-order valence-electron chi connectivity index (χ4n) is 1.21. The van der Waals surface area contributed by atoms with E-state index in [2.05, 4.69) is 15.5 Å². The number of nitrogens with two attached hydrogens (primary N) is 1. The van der Waals surface area contributed by atoms with Gasteiger partial charge in [0.15, 0.2) is 0 Å². The quantitative estimate of drug-likeness (QED) is 0.747. The molecule has 84 valence electrons. The zero-order valence-electron chi connectivity index (χ0n) is 7.81. The van der Waals surface area contributed by atoms with Crippen LogP contribution in [-0.2, 0) is 6.18 Å². The molecule has 2 N–H and O–H groups in total. The molecule has 0 aliphatic heterocycles. The minimum Gasteiger partial charge on any atom is -0.397 e. The highest BCUT2D eigenvalue weighted by molar-refractivity contribution is 5.58. The Morgan fingerprint density at radius 2 is 2.00 bits per heavy atom. The van der Waals surface area contributed by atoms with Crippen molar-refractivity contribution >= 4 is 5.69 Å². The molecule has 0 amide bonds. The van der Waals surface area contributed by atoms with Gasteiger partial charge in [0.1, 0.15) is 6.33 Å². The standard InChI is InChI=1S/C8H6F3N5/c9-8(10,11)5-1-2-7(6(12)3-5)16-4-13-14-15-16/h1-4H,12H2. The first-order valence-corrected chi connectivity index (χ1v) is 4.18. The van der Waals surface area contributed by atoms with E-state index in [1.54, 1.807) is 0 Å². The molecule has 0 aliphatic carbocycles. The van der Waals surface area contributed by atoms with E-state index in [1.807, 2.05) is 0 Å². The van der Waals surface area contributed by atoms with Gasteiger partial charge in [0.25, 0.3) is 0 Å². The van der Waals surface area contributed by atoms with E-state index in [0.717, 1.165) is 12.1 Å². The molecule has 0 saturated heterocycles. The number of aromatic nitrogens is 4. The van der Waals surface area contributed by atoms with E-state index in [9.17, 15) is 13.2 Å². The van der Waals surface area contributed by atoms with E-state index in [0.29, 0.717) is 5.69 Å². The SMILES string of the molecule is Nc1cc(C(F)(F)F)ccc1-n1cnnn1. The summed E-state index contributed by atoms with van der Waals surface area (Å²) in [6, 6.07) is 2.99. The zero-order chi connectivity index (χ0) is 11.8. The molecule has 8 heteroatoms. The van der Waals surface area contributed by atoms with Crippen LogP contribution >= 0.6 is 0 Å². The third-order valence-electron chi connectivity index (χ3n) is 1.95. The average Bonchev–Trinajstić information content (AvgIpc) is 2.69.